The molecule has 1 aliphatic heterocycles. The zero-order chi connectivity index (χ0) is 15.0. The van der Waals surface area contributed by atoms with Gasteiger partial charge in [-0.05, 0) is 50.1 Å². The van der Waals surface area contributed by atoms with Crippen LogP contribution in [0.4, 0.5) is 0 Å². The third-order valence-electron chi connectivity index (χ3n) is 4.91. The molecule has 1 N–H and O–H groups in total. The first kappa shape index (κ1) is 17.9. The van der Waals surface area contributed by atoms with Crippen LogP contribution >= 0.6 is 0 Å². The van der Waals surface area contributed by atoms with E-state index in [1.165, 1.54) is 38.8 Å². The second-order valence-corrected chi connectivity index (χ2v) is 6.97. The zero-order valence-corrected chi connectivity index (χ0v) is 14.4. The highest BCUT2D eigenvalue weighted by Crippen LogP contribution is 2.28. The SMILES string of the molecule is CCC(CC)(CNCC(C)C)CN1CCCC(OC)C1. The third-order valence-corrected chi connectivity index (χ3v) is 4.91. The van der Waals surface area contributed by atoms with E-state index in [-0.39, 0.29) is 0 Å². The Bertz CT molecular complexity index is 251. The van der Waals surface area contributed by atoms with E-state index < -0.39 is 0 Å². The second-order valence-electron chi connectivity index (χ2n) is 6.97. The average Bonchev–Trinajstić information content (AvgIpc) is 2.46. The molecule has 0 aromatic heterocycles. The average molecular weight is 284 g/mol. The van der Waals surface area contributed by atoms with Crippen molar-refractivity contribution in [3.05, 3.63) is 0 Å². The van der Waals surface area contributed by atoms with E-state index in [0.717, 1.165) is 25.6 Å². The molecular formula is C17H36N2O. The molecule has 0 amide bonds. The number of ether oxygens (including phenoxy) is 1. The van der Waals surface area contributed by atoms with Crippen LogP contribution in [0.5, 0.6) is 0 Å². The third kappa shape index (κ3) is 5.71. The lowest BCUT2D eigenvalue weighted by atomic mass is 9.81. The summed E-state index contributed by atoms with van der Waals surface area (Å²) in [4.78, 5) is 2.63. The summed E-state index contributed by atoms with van der Waals surface area (Å²) in [7, 11) is 1.85. The van der Waals surface area contributed by atoms with E-state index in [2.05, 4.69) is 37.9 Å². The number of nitrogens with one attached hydrogen (secondary N) is 1. The molecule has 1 aliphatic rings. The van der Waals surface area contributed by atoms with E-state index in [4.69, 9.17) is 4.74 Å². The van der Waals surface area contributed by atoms with E-state index in [9.17, 15) is 0 Å². The summed E-state index contributed by atoms with van der Waals surface area (Å²) in [6.07, 6.45) is 5.45. The predicted octanol–water partition coefficient (Wildman–Crippen LogP) is 3.15. The minimum absolute atomic E-state index is 0.421. The van der Waals surface area contributed by atoms with Gasteiger partial charge in [-0.25, -0.2) is 0 Å². The highest BCUT2D eigenvalue weighted by atomic mass is 16.5. The highest BCUT2D eigenvalue weighted by Gasteiger charge is 2.30. The fraction of sp³-hybridized carbons (Fsp3) is 1.00. The van der Waals surface area contributed by atoms with Gasteiger partial charge >= 0.3 is 0 Å². The molecule has 3 nitrogen and oxygen atoms in total. The maximum Gasteiger partial charge on any atom is 0.0698 e. The molecule has 1 fully saturated rings. The van der Waals surface area contributed by atoms with Crippen molar-refractivity contribution >= 4 is 0 Å². The van der Waals surface area contributed by atoms with Crippen LogP contribution in [0, 0.1) is 11.3 Å². The molecule has 20 heavy (non-hydrogen) atoms. The number of piperidine rings is 1. The minimum atomic E-state index is 0.421. The van der Waals surface area contributed by atoms with Crippen LogP contribution in [-0.4, -0.2) is 50.8 Å². The summed E-state index contributed by atoms with van der Waals surface area (Å²) in [5, 5.41) is 3.68. The Labute approximate surface area is 126 Å². The van der Waals surface area contributed by atoms with E-state index in [0.29, 0.717) is 11.5 Å². The zero-order valence-electron chi connectivity index (χ0n) is 14.4. The van der Waals surface area contributed by atoms with Gasteiger partial charge in [-0.15, -0.1) is 0 Å². The number of hydrogen-bond donors (Lipinski definition) is 1. The van der Waals surface area contributed by atoms with E-state index in [1.807, 2.05) is 7.11 Å². The highest BCUT2D eigenvalue weighted by molar-refractivity contribution is 4.85. The van der Waals surface area contributed by atoms with Crippen LogP contribution in [-0.2, 0) is 4.74 Å². The fourth-order valence-corrected chi connectivity index (χ4v) is 3.23. The van der Waals surface area contributed by atoms with Crippen molar-refractivity contribution in [2.24, 2.45) is 11.3 Å². The van der Waals surface area contributed by atoms with Crippen molar-refractivity contribution in [3.63, 3.8) is 0 Å². The summed E-state index contributed by atoms with van der Waals surface area (Å²) >= 11 is 0. The smallest absolute Gasteiger partial charge is 0.0698 e. The predicted molar refractivity (Wildman–Crippen MR) is 87.2 cm³/mol. The standard InChI is InChI=1S/C17H36N2O/c1-6-17(7-2,13-18-11-15(3)4)14-19-10-8-9-16(12-19)20-5/h15-16,18H,6-14H2,1-5H3. The molecule has 0 aliphatic carbocycles. The Morgan fingerprint density at radius 2 is 2.00 bits per heavy atom. The van der Waals surface area contributed by atoms with Crippen LogP contribution in [0.3, 0.4) is 0 Å². The lowest BCUT2D eigenvalue weighted by Gasteiger charge is -2.41. The van der Waals surface area contributed by atoms with Crippen LogP contribution < -0.4 is 5.32 Å². The van der Waals surface area contributed by atoms with Crippen LogP contribution in [0.25, 0.3) is 0 Å². The molecule has 0 saturated carbocycles. The molecule has 0 bridgehead atoms. The first-order valence-electron chi connectivity index (χ1n) is 8.51. The van der Waals surface area contributed by atoms with Gasteiger partial charge in [-0.3, -0.25) is 0 Å². The Morgan fingerprint density at radius 1 is 1.30 bits per heavy atom. The summed E-state index contributed by atoms with van der Waals surface area (Å²) in [5.41, 5.74) is 0.421. The van der Waals surface area contributed by atoms with E-state index >= 15 is 0 Å². The lowest BCUT2D eigenvalue weighted by molar-refractivity contribution is 0.0121. The lowest BCUT2D eigenvalue weighted by Crippen LogP contribution is -2.48. The maximum atomic E-state index is 5.56. The Hall–Kier alpha value is -0.120. The maximum absolute atomic E-state index is 5.56. The topological polar surface area (TPSA) is 24.5 Å². The van der Waals surface area contributed by atoms with Crippen molar-refractivity contribution < 1.29 is 4.74 Å². The number of nitrogens with zero attached hydrogens (tertiary/aromatic N) is 1. The molecule has 0 spiro atoms. The summed E-state index contributed by atoms with van der Waals surface area (Å²) in [5.74, 6) is 0.731. The summed E-state index contributed by atoms with van der Waals surface area (Å²) in [6, 6.07) is 0. The van der Waals surface area contributed by atoms with Gasteiger partial charge in [0.1, 0.15) is 0 Å². The van der Waals surface area contributed by atoms with Gasteiger partial charge in [0, 0.05) is 26.7 Å². The molecule has 1 unspecified atom stereocenters. The molecule has 1 saturated heterocycles. The Balaban J connectivity index is 2.51. The molecule has 3 heteroatoms. The number of methoxy groups -OCH3 is 1. The van der Waals surface area contributed by atoms with Gasteiger partial charge < -0.3 is 15.0 Å². The Kier molecular flexibility index (Phi) is 8.08. The Morgan fingerprint density at radius 3 is 2.55 bits per heavy atom. The molecule has 120 valence electrons. The molecule has 0 aromatic rings. The number of hydrogen-bond acceptors (Lipinski definition) is 3. The number of likely N-dealkylation sites (tertiary alicyclic amines) is 1. The van der Waals surface area contributed by atoms with Crippen LogP contribution in [0.15, 0.2) is 0 Å². The number of rotatable bonds is 9. The van der Waals surface area contributed by atoms with Crippen molar-refractivity contribution in [1.82, 2.24) is 10.2 Å². The summed E-state index contributed by atoms with van der Waals surface area (Å²) in [6.45, 7) is 15.1. The van der Waals surface area contributed by atoms with E-state index in [1.54, 1.807) is 0 Å². The molecule has 1 heterocycles. The molecule has 1 rings (SSSR count). The van der Waals surface area contributed by atoms with Gasteiger partial charge in [-0.2, -0.15) is 0 Å². The minimum Gasteiger partial charge on any atom is -0.380 e. The molecular weight excluding hydrogens is 248 g/mol. The summed E-state index contributed by atoms with van der Waals surface area (Å²) < 4.78 is 5.56. The quantitative estimate of drug-likeness (QED) is 0.704. The first-order valence-corrected chi connectivity index (χ1v) is 8.51. The molecule has 0 radical (unpaired) electrons. The second kappa shape index (κ2) is 9.01. The van der Waals surface area contributed by atoms with Gasteiger partial charge in [0.2, 0.25) is 0 Å². The largest absolute Gasteiger partial charge is 0.380 e. The van der Waals surface area contributed by atoms with Crippen LogP contribution in [0.1, 0.15) is 53.4 Å². The fourth-order valence-electron chi connectivity index (χ4n) is 3.23. The van der Waals surface area contributed by atoms with Gasteiger partial charge in [0.25, 0.3) is 0 Å². The normalized spacial score (nSPS) is 21.6. The molecule has 1 atom stereocenters. The van der Waals surface area contributed by atoms with Crippen LogP contribution in [0.2, 0.25) is 0 Å². The first-order chi connectivity index (χ1) is 9.55. The molecule has 0 aromatic carbocycles. The monoisotopic (exact) mass is 284 g/mol. The van der Waals surface area contributed by atoms with Gasteiger partial charge in [0.05, 0.1) is 6.10 Å². The van der Waals surface area contributed by atoms with Crippen molar-refractivity contribution in [3.8, 4) is 0 Å². The van der Waals surface area contributed by atoms with Gasteiger partial charge in [0.15, 0.2) is 0 Å². The van der Waals surface area contributed by atoms with Gasteiger partial charge in [-0.1, -0.05) is 27.7 Å². The van der Waals surface area contributed by atoms with Crippen molar-refractivity contribution in [2.45, 2.75) is 59.5 Å². The van der Waals surface area contributed by atoms with Crippen molar-refractivity contribution in [2.75, 3.05) is 39.8 Å². The van der Waals surface area contributed by atoms with Crippen molar-refractivity contribution in [1.29, 1.82) is 0 Å².